The van der Waals surface area contributed by atoms with Gasteiger partial charge in [0.15, 0.2) is 0 Å². The van der Waals surface area contributed by atoms with Crippen LogP contribution in [0.15, 0.2) is 54.7 Å². The van der Waals surface area contributed by atoms with Crippen molar-refractivity contribution in [3.05, 3.63) is 65.9 Å². The topological polar surface area (TPSA) is 331 Å². The van der Waals surface area contributed by atoms with Gasteiger partial charge in [0, 0.05) is 50.5 Å². The molecular weight excluding hydrogens is 825 g/mol. The van der Waals surface area contributed by atoms with Gasteiger partial charge in [0.25, 0.3) is 0 Å². The van der Waals surface area contributed by atoms with E-state index in [0.29, 0.717) is 24.0 Å². The van der Waals surface area contributed by atoms with Crippen molar-refractivity contribution in [2.75, 3.05) is 20.6 Å². The van der Waals surface area contributed by atoms with Crippen molar-refractivity contribution in [1.82, 2.24) is 36.1 Å². The predicted octanol–water partition coefficient (Wildman–Crippen LogP) is -0.155. The van der Waals surface area contributed by atoms with Crippen LogP contribution in [-0.2, 0) is 56.0 Å². The molecule has 1 aromatic heterocycles. The number of amides is 6. The molecule has 0 aliphatic carbocycles. The molecule has 2 aromatic carbocycles. The summed E-state index contributed by atoms with van der Waals surface area (Å²) < 4.78 is 0. The van der Waals surface area contributed by atoms with Crippen molar-refractivity contribution in [3.8, 4) is 5.75 Å². The first kappa shape index (κ1) is 50.3. The van der Waals surface area contributed by atoms with Gasteiger partial charge >= 0.3 is 17.9 Å². The molecule has 0 saturated heterocycles. The second-order valence-corrected chi connectivity index (χ2v) is 15.1. The maximum atomic E-state index is 14.5. The number of likely N-dealkylation sites (N-methyl/N-ethyl adjacent to an activating group) is 2. The summed E-state index contributed by atoms with van der Waals surface area (Å²) in [6.07, 6.45) is 1.06. The Morgan fingerprint density at radius 3 is 2.02 bits per heavy atom. The quantitative estimate of drug-likeness (QED) is 0.0529. The van der Waals surface area contributed by atoms with Crippen LogP contribution in [-0.4, -0.2) is 145 Å². The lowest BCUT2D eigenvalue weighted by Crippen LogP contribution is -2.58. The zero-order valence-corrected chi connectivity index (χ0v) is 35.5. The van der Waals surface area contributed by atoms with Crippen molar-refractivity contribution in [2.45, 2.75) is 101 Å². The highest BCUT2D eigenvalue weighted by Gasteiger charge is 2.37. The molecule has 21 heteroatoms. The van der Waals surface area contributed by atoms with E-state index in [9.17, 15) is 58.5 Å². The largest absolute Gasteiger partial charge is 0.508 e. The first-order chi connectivity index (χ1) is 29.7. The minimum Gasteiger partial charge on any atom is -0.508 e. The number of aromatic nitrogens is 1. The molecule has 63 heavy (non-hydrogen) atoms. The number of rotatable bonds is 25. The highest BCUT2D eigenvalue weighted by atomic mass is 16.4. The normalized spacial score (nSPS) is 13.9. The number of nitrogens with one attached hydrogen (secondary N) is 5. The molecule has 0 fully saturated rings. The molecule has 3 rings (SSSR count). The van der Waals surface area contributed by atoms with E-state index in [1.165, 1.54) is 45.3 Å². The van der Waals surface area contributed by atoms with Crippen molar-refractivity contribution >= 4 is 64.3 Å². The molecule has 1 heterocycles. The number of carboxylic acids is 3. The van der Waals surface area contributed by atoms with Gasteiger partial charge in [0.1, 0.15) is 36.0 Å². The van der Waals surface area contributed by atoms with Gasteiger partial charge in [-0.2, -0.15) is 0 Å². The summed E-state index contributed by atoms with van der Waals surface area (Å²) in [6, 6.07) is 4.80. The monoisotopic (exact) mass is 880 g/mol. The number of phenolic OH excluding ortho intramolecular Hbond substituents is 1. The van der Waals surface area contributed by atoms with Gasteiger partial charge in [-0.05, 0) is 49.1 Å². The number of carbonyl (C=O) groups excluding carboxylic acids is 6. The van der Waals surface area contributed by atoms with E-state index in [2.05, 4.69) is 26.3 Å². The minimum atomic E-state index is -1.78. The number of phenols is 1. The summed E-state index contributed by atoms with van der Waals surface area (Å²) in [5, 5.41) is 47.9. The maximum Gasteiger partial charge on any atom is 0.326 e. The number of aliphatic carboxylic acids is 3. The van der Waals surface area contributed by atoms with E-state index in [1.807, 2.05) is 19.1 Å². The number of nitrogens with zero attached hydrogens (tertiary/aromatic N) is 2. The van der Waals surface area contributed by atoms with Crippen molar-refractivity contribution in [1.29, 1.82) is 0 Å². The van der Waals surface area contributed by atoms with E-state index in [1.54, 1.807) is 18.3 Å². The molecule has 0 aliphatic rings. The second kappa shape index (κ2) is 23.8. The summed E-state index contributed by atoms with van der Waals surface area (Å²) in [4.78, 5) is 121. The SMILES string of the molecule is CCCC[C@@H](C(=O)N[C@@H](CC(=O)O)C(=O)O)N(C)C(=O)[C@H](Cc1c[nH]c2ccccc12)N(C)C(=O)CNC(=O)[C@H](Cc1ccc(O)cc1)NC(=O)[C@H](C)NC(=O)[C@H](N)CCC(=O)O. The number of fused-ring (bicyclic) bond motifs is 1. The van der Waals surface area contributed by atoms with E-state index >= 15 is 0 Å². The molecule has 6 atom stereocenters. The van der Waals surface area contributed by atoms with Crippen molar-refractivity contribution in [3.63, 3.8) is 0 Å². The van der Waals surface area contributed by atoms with Gasteiger partial charge in [0.2, 0.25) is 35.4 Å². The number of hydrogen-bond acceptors (Lipinski definition) is 11. The molecule has 11 N–H and O–H groups in total. The Hall–Kier alpha value is -7.03. The van der Waals surface area contributed by atoms with E-state index < -0.39 is 103 Å². The van der Waals surface area contributed by atoms with Crippen LogP contribution in [0.1, 0.15) is 63.5 Å². The average molecular weight is 881 g/mol. The molecule has 0 spiro atoms. The van der Waals surface area contributed by atoms with Gasteiger partial charge in [-0.3, -0.25) is 38.4 Å². The Labute approximate surface area is 362 Å². The summed E-state index contributed by atoms with van der Waals surface area (Å²) in [5.41, 5.74) is 7.63. The lowest BCUT2D eigenvalue weighted by molar-refractivity contribution is -0.150. The van der Waals surface area contributed by atoms with Crippen molar-refractivity contribution < 1.29 is 63.6 Å². The number of aromatic amines is 1. The zero-order valence-electron chi connectivity index (χ0n) is 35.5. The molecule has 3 aromatic rings. The number of carbonyl (C=O) groups is 9. The Bertz CT molecular complexity index is 2120. The smallest absolute Gasteiger partial charge is 0.326 e. The Morgan fingerprint density at radius 2 is 1.40 bits per heavy atom. The molecule has 342 valence electrons. The fourth-order valence-electron chi connectivity index (χ4n) is 6.58. The van der Waals surface area contributed by atoms with Crippen LogP contribution >= 0.6 is 0 Å². The third kappa shape index (κ3) is 15.1. The van der Waals surface area contributed by atoms with Gasteiger partial charge in [-0.15, -0.1) is 0 Å². The molecule has 21 nitrogen and oxygen atoms in total. The average Bonchev–Trinajstić information content (AvgIpc) is 3.65. The highest BCUT2D eigenvalue weighted by molar-refractivity contribution is 5.97. The minimum absolute atomic E-state index is 0.0599. The summed E-state index contributed by atoms with van der Waals surface area (Å²) in [5.74, 6) is -9.11. The number of H-pyrrole nitrogens is 1. The van der Waals surface area contributed by atoms with Gasteiger partial charge in [-0.1, -0.05) is 50.1 Å². The fourth-order valence-corrected chi connectivity index (χ4v) is 6.58. The Kier molecular flexibility index (Phi) is 19.0. The van der Waals surface area contributed by atoms with Crippen LogP contribution in [0.4, 0.5) is 0 Å². The lowest BCUT2D eigenvalue weighted by Gasteiger charge is -2.35. The Balaban J connectivity index is 1.88. The number of aromatic hydroxyl groups is 1. The zero-order chi connectivity index (χ0) is 47.0. The van der Waals surface area contributed by atoms with Crippen LogP contribution in [0.25, 0.3) is 10.9 Å². The van der Waals surface area contributed by atoms with Gasteiger partial charge < -0.3 is 62.2 Å². The molecular formula is C42H56N8O13. The van der Waals surface area contributed by atoms with Gasteiger partial charge in [0.05, 0.1) is 19.0 Å². The van der Waals surface area contributed by atoms with Crippen LogP contribution in [0.3, 0.4) is 0 Å². The Morgan fingerprint density at radius 1 is 0.746 bits per heavy atom. The van der Waals surface area contributed by atoms with Crippen LogP contribution in [0.2, 0.25) is 0 Å². The third-order valence-corrected chi connectivity index (χ3v) is 10.4. The third-order valence-electron chi connectivity index (χ3n) is 10.4. The number of carboxylic acid groups (broad SMARTS) is 3. The standard InChI is InChI=1S/C42H56N8O13/c1-5-6-11-32(40(60)48-31(42(62)63)20-36(55)56)50(4)41(61)33(19-25-21-44-29-10-8-7-9-27(25)29)49(3)34(52)22-45-39(59)30(18-24-12-14-26(51)15-13-24)47-37(57)23(2)46-38(58)28(43)16-17-35(53)54/h7-10,12-15,21,23,28,30-33,44,51H,5-6,11,16-20,22,43H2,1-4H3,(H,45,59)(H,46,58)(H,47,57)(H,48,60)(H,53,54)(H,55,56)(H,62,63)/t23-,28+,30-,31-,32-,33-/m0/s1. The fraction of sp³-hybridized carbons (Fsp3) is 0.452. The molecule has 0 saturated carbocycles. The second-order valence-electron chi connectivity index (χ2n) is 15.1. The molecule has 0 bridgehead atoms. The lowest BCUT2D eigenvalue weighted by atomic mass is 10.0. The first-order valence-corrected chi connectivity index (χ1v) is 20.2. The van der Waals surface area contributed by atoms with Crippen LogP contribution < -0.4 is 27.0 Å². The molecule has 0 aliphatic heterocycles. The molecule has 6 amide bonds. The first-order valence-electron chi connectivity index (χ1n) is 20.2. The summed E-state index contributed by atoms with van der Waals surface area (Å²) in [6.45, 7) is 2.48. The number of unbranched alkanes of at least 4 members (excludes halogenated alkanes) is 1. The summed E-state index contributed by atoms with van der Waals surface area (Å²) >= 11 is 0. The van der Waals surface area contributed by atoms with E-state index in [4.69, 9.17) is 10.8 Å². The number of benzene rings is 2. The van der Waals surface area contributed by atoms with Crippen LogP contribution in [0, 0.1) is 0 Å². The summed E-state index contributed by atoms with van der Waals surface area (Å²) in [7, 11) is 2.65. The molecule has 0 radical (unpaired) electrons. The number of hydrogen-bond donors (Lipinski definition) is 10. The van der Waals surface area contributed by atoms with Crippen molar-refractivity contribution in [2.24, 2.45) is 5.73 Å². The van der Waals surface area contributed by atoms with Crippen LogP contribution in [0.5, 0.6) is 5.75 Å². The maximum absolute atomic E-state index is 14.5. The number of para-hydroxylation sites is 1. The highest BCUT2D eigenvalue weighted by Crippen LogP contribution is 2.22. The predicted molar refractivity (Wildman–Crippen MR) is 226 cm³/mol. The van der Waals surface area contributed by atoms with E-state index in [-0.39, 0.29) is 37.9 Å². The van der Waals surface area contributed by atoms with E-state index in [0.717, 1.165) is 20.7 Å². The number of nitrogens with two attached hydrogens (primary N) is 1. The van der Waals surface area contributed by atoms with Gasteiger partial charge in [-0.25, -0.2) is 4.79 Å². The molecule has 0 unspecified atom stereocenters.